The molecular weight excluding hydrogens is 538 g/mol. The highest BCUT2D eigenvalue weighted by molar-refractivity contribution is 6.30. The topological polar surface area (TPSA) is 83.7 Å². The van der Waals surface area contributed by atoms with Crippen LogP contribution in [0.5, 0.6) is 0 Å². The molecule has 0 unspecified atom stereocenters. The molecule has 6 rings (SSSR count). The maximum Gasteiger partial charge on any atom is 0.280 e. The van der Waals surface area contributed by atoms with Crippen molar-refractivity contribution < 1.29 is 18.4 Å². The summed E-state index contributed by atoms with van der Waals surface area (Å²) < 4.78 is 29.4. The van der Waals surface area contributed by atoms with Gasteiger partial charge >= 0.3 is 0 Å². The molecule has 1 aromatic heterocycles. The summed E-state index contributed by atoms with van der Waals surface area (Å²) in [5.74, 6) is -1.32. The third-order valence-electron chi connectivity index (χ3n) is 7.73. The smallest absolute Gasteiger partial charge is 0.280 e. The number of carbonyl (C=O) groups excluding carboxylic acids is 2. The molecule has 0 N–H and O–H groups in total. The first-order valence-corrected chi connectivity index (χ1v) is 13.4. The van der Waals surface area contributed by atoms with Crippen LogP contribution in [0.15, 0.2) is 71.7 Å². The minimum Gasteiger partial charge on any atom is -0.340 e. The zero-order chi connectivity index (χ0) is 27.9. The van der Waals surface area contributed by atoms with Crippen molar-refractivity contribution in [1.82, 2.24) is 19.9 Å². The van der Waals surface area contributed by atoms with Crippen molar-refractivity contribution in [2.75, 3.05) is 18.0 Å². The first-order chi connectivity index (χ1) is 19.3. The van der Waals surface area contributed by atoms with E-state index in [1.165, 1.54) is 41.1 Å². The molecule has 2 aliphatic heterocycles. The maximum atomic E-state index is 14.4. The van der Waals surface area contributed by atoms with E-state index in [2.05, 4.69) is 15.3 Å². The fraction of sp³-hybridized carbons (Fsp3) is 0.276. The van der Waals surface area contributed by atoms with Gasteiger partial charge in [0, 0.05) is 30.8 Å². The van der Waals surface area contributed by atoms with Crippen molar-refractivity contribution in [2.24, 2.45) is 4.99 Å². The molecule has 40 heavy (non-hydrogen) atoms. The number of aromatic nitrogens is 3. The van der Waals surface area contributed by atoms with Crippen LogP contribution in [0.2, 0.25) is 5.02 Å². The number of carbonyl (C=O) groups is 2. The second-order valence-corrected chi connectivity index (χ2v) is 10.5. The lowest BCUT2D eigenvalue weighted by atomic mass is 9.78. The van der Waals surface area contributed by atoms with E-state index in [9.17, 15) is 18.4 Å². The largest absolute Gasteiger partial charge is 0.340 e. The Kier molecular flexibility index (Phi) is 6.79. The van der Waals surface area contributed by atoms with Gasteiger partial charge < -0.3 is 9.80 Å². The zero-order valence-electron chi connectivity index (χ0n) is 21.4. The molecule has 0 atom stereocenters. The van der Waals surface area contributed by atoms with Gasteiger partial charge in [-0.1, -0.05) is 28.9 Å². The molecule has 2 aliphatic rings. The molecule has 4 aromatic rings. The van der Waals surface area contributed by atoms with E-state index in [1.807, 2.05) is 29.2 Å². The lowest BCUT2D eigenvalue weighted by molar-refractivity contribution is -0.122. The summed E-state index contributed by atoms with van der Waals surface area (Å²) in [7, 11) is 0. The normalized spacial score (nSPS) is 17.6. The Bertz CT molecular complexity index is 1630. The standard InChI is InChI=1S/C29H25ClF2N6O2/c30-22-12-11-21(18-23(22)32)37-26(39)6-3-13-29(37)14-16-36(17-15-29)28(33-27(40)19-7-9-20(31)10-8-19)38-25-5-2-1-4-24(25)34-35-38/h1-2,4-5,7-12,18H,3,6,13-17H2/b33-28+. The minimum atomic E-state index is -0.572. The molecule has 2 amide bonds. The zero-order valence-corrected chi connectivity index (χ0v) is 22.2. The highest BCUT2D eigenvalue weighted by Gasteiger charge is 2.46. The number of para-hydroxylation sites is 1. The van der Waals surface area contributed by atoms with Gasteiger partial charge in [-0.05, 0) is 80.3 Å². The molecule has 11 heteroatoms. The van der Waals surface area contributed by atoms with Crippen molar-refractivity contribution >= 4 is 46.1 Å². The summed E-state index contributed by atoms with van der Waals surface area (Å²) in [5, 5.41) is 8.53. The Morgan fingerprint density at radius 2 is 1.73 bits per heavy atom. The van der Waals surface area contributed by atoms with Gasteiger partial charge in [-0.3, -0.25) is 9.59 Å². The van der Waals surface area contributed by atoms with Crippen molar-refractivity contribution in [1.29, 1.82) is 0 Å². The highest BCUT2D eigenvalue weighted by atomic mass is 35.5. The van der Waals surface area contributed by atoms with Crippen LogP contribution in [0.4, 0.5) is 14.5 Å². The van der Waals surface area contributed by atoms with Gasteiger partial charge in [0.25, 0.3) is 5.91 Å². The summed E-state index contributed by atoms with van der Waals surface area (Å²) in [4.78, 5) is 34.5. The lowest BCUT2D eigenvalue weighted by Crippen LogP contribution is -2.61. The van der Waals surface area contributed by atoms with Crippen LogP contribution in [0, 0.1) is 11.6 Å². The van der Waals surface area contributed by atoms with Crippen LogP contribution >= 0.6 is 11.6 Å². The van der Waals surface area contributed by atoms with Crippen molar-refractivity contribution in [3.8, 4) is 0 Å². The molecule has 2 saturated heterocycles. The lowest BCUT2D eigenvalue weighted by Gasteiger charge is -2.51. The number of nitrogens with zero attached hydrogens (tertiary/aromatic N) is 6. The van der Waals surface area contributed by atoms with Gasteiger partial charge in [-0.25, -0.2) is 8.78 Å². The summed E-state index contributed by atoms with van der Waals surface area (Å²) in [6, 6.07) is 17.0. The minimum absolute atomic E-state index is 0.00353. The molecule has 204 valence electrons. The molecule has 0 bridgehead atoms. The Balaban J connectivity index is 1.34. The monoisotopic (exact) mass is 562 g/mol. The summed E-state index contributed by atoms with van der Waals surface area (Å²) in [5.41, 5.74) is 1.54. The van der Waals surface area contributed by atoms with Gasteiger partial charge in [0.1, 0.15) is 17.2 Å². The van der Waals surface area contributed by atoms with E-state index >= 15 is 0 Å². The van der Waals surface area contributed by atoms with Gasteiger partial charge in [0.05, 0.1) is 16.1 Å². The van der Waals surface area contributed by atoms with Crippen molar-refractivity contribution in [2.45, 2.75) is 37.6 Å². The Hall–Kier alpha value is -4.18. The third kappa shape index (κ3) is 4.72. The Morgan fingerprint density at radius 1 is 0.975 bits per heavy atom. The SMILES string of the molecule is O=C(/N=C(\N1CCC2(CCCC(=O)N2c2ccc(Cl)c(F)c2)CC1)n1nnc2ccccc21)c1ccc(F)cc1. The average Bonchev–Trinajstić information content (AvgIpc) is 3.38. The van der Waals surface area contributed by atoms with Crippen LogP contribution in [-0.4, -0.2) is 56.3 Å². The number of fused-ring (bicyclic) bond motifs is 1. The Labute approximate surface area is 233 Å². The number of hydrogen-bond donors (Lipinski definition) is 0. The molecule has 0 saturated carbocycles. The van der Waals surface area contributed by atoms with E-state index in [4.69, 9.17) is 11.6 Å². The number of benzene rings is 3. The van der Waals surface area contributed by atoms with E-state index < -0.39 is 23.1 Å². The van der Waals surface area contributed by atoms with E-state index in [-0.39, 0.29) is 16.5 Å². The summed E-state index contributed by atoms with van der Waals surface area (Å²) in [6.45, 7) is 0.924. The first kappa shape index (κ1) is 26.1. The quantitative estimate of drug-likeness (QED) is 0.239. The number of piperidine rings is 2. The number of amides is 2. The fourth-order valence-corrected chi connectivity index (χ4v) is 5.83. The number of rotatable bonds is 2. The van der Waals surface area contributed by atoms with E-state index in [0.717, 1.165) is 12.8 Å². The average molecular weight is 563 g/mol. The van der Waals surface area contributed by atoms with Crippen LogP contribution in [-0.2, 0) is 4.79 Å². The number of halogens is 3. The van der Waals surface area contributed by atoms with E-state index in [1.54, 1.807) is 11.0 Å². The predicted molar refractivity (Wildman–Crippen MR) is 147 cm³/mol. The number of aliphatic imine (C=N–C) groups is 1. The molecule has 2 fully saturated rings. The molecule has 3 aromatic carbocycles. The van der Waals surface area contributed by atoms with Gasteiger partial charge in [-0.15, -0.1) is 5.10 Å². The van der Waals surface area contributed by atoms with Crippen molar-refractivity contribution in [3.63, 3.8) is 0 Å². The second-order valence-electron chi connectivity index (χ2n) is 10.1. The van der Waals surface area contributed by atoms with Gasteiger partial charge in [0.2, 0.25) is 11.9 Å². The second kappa shape index (κ2) is 10.4. The predicted octanol–water partition coefficient (Wildman–Crippen LogP) is 5.46. The fourth-order valence-electron chi connectivity index (χ4n) is 5.71. The molecule has 0 aliphatic carbocycles. The van der Waals surface area contributed by atoms with Gasteiger partial charge in [-0.2, -0.15) is 9.67 Å². The van der Waals surface area contributed by atoms with Crippen LogP contribution in [0.1, 0.15) is 42.5 Å². The molecular formula is C29H25ClF2N6O2. The summed E-state index contributed by atoms with van der Waals surface area (Å²) in [6.07, 6.45) is 3.03. The van der Waals surface area contributed by atoms with Crippen LogP contribution in [0.3, 0.4) is 0 Å². The number of anilines is 1. The van der Waals surface area contributed by atoms with Gasteiger partial charge in [0.15, 0.2) is 0 Å². The number of likely N-dealkylation sites (tertiary alicyclic amines) is 1. The molecule has 3 heterocycles. The highest BCUT2D eigenvalue weighted by Crippen LogP contribution is 2.41. The maximum absolute atomic E-state index is 14.4. The van der Waals surface area contributed by atoms with Crippen LogP contribution < -0.4 is 4.90 Å². The summed E-state index contributed by atoms with van der Waals surface area (Å²) >= 11 is 5.91. The van der Waals surface area contributed by atoms with E-state index in [0.29, 0.717) is 55.0 Å². The Morgan fingerprint density at radius 3 is 2.48 bits per heavy atom. The van der Waals surface area contributed by atoms with Crippen molar-refractivity contribution in [3.05, 3.63) is 89.0 Å². The molecule has 1 spiro atoms. The first-order valence-electron chi connectivity index (χ1n) is 13.1. The number of hydrogen-bond acceptors (Lipinski definition) is 4. The van der Waals surface area contributed by atoms with Crippen LogP contribution in [0.25, 0.3) is 11.0 Å². The third-order valence-corrected chi connectivity index (χ3v) is 8.04. The molecule has 8 nitrogen and oxygen atoms in total. The molecule has 0 radical (unpaired) electrons.